The number of nitrogens with one attached hydrogen (secondary N) is 1. The van der Waals surface area contributed by atoms with Crippen molar-refractivity contribution in [2.45, 2.75) is 41.2 Å². The first-order valence-corrected chi connectivity index (χ1v) is 7.41. The maximum Gasteiger partial charge on any atom is 0.0393 e. The van der Waals surface area contributed by atoms with Gasteiger partial charge in [0.25, 0.3) is 0 Å². The summed E-state index contributed by atoms with van der Waals surface area (Å²) in [6.45, 7) is 14.3. The van der Waals surface area contributed by atoms with Crippen LogP contribution < -0.4 is 10.2 Å². The summed E-state index contributed by atoms with van der Waals surface area (Å²) in [4.78, 5) is 2.35. The summed E-state index contributed by atoms with van der Waals surface area (Å²) in [5.41, 5.74) is 4.09. The van der Waals surface area contributed by atoms with Crippen LogP contribution in [0.5, 0.6) is 0 Å². The van der Waals surface area contributed by atoms with Gasteiger partial charge in [0.15, 0.2) is 0 Å². The molecule has 2 nitrogen and oxygen atoms in total. The second kappa shape index (κ2) is 7.54. The Bertz CT molecular complexity index is 383. The Hall–Kier alpha value is -1.02. The molecule has 0 bridgehead atoms. The Morgan fingerprint density at radius 3 is 2.32 bits per heavy atom. The van der Waals surface area contributed by atoms with Crippen molar-refractivity contribution in [2.75, 3.05) is 25.0 Å². The predicted octanol–water partition coefficient (Wildman–Crippen LogP) is 3.83. The summed E-state index contributed by atoms with van der Waals surface area (Å²) in [5.74, 6) is 1.40. The van der Waals surface area contributed by atoms with Crippen molar-refractivity contribution in [1.29, 1.82) is 0 Å². The molecule has 0 heterocycles. The fourth-order valence-electron chi connectivity index (χ4n) is 2.41. The number of nitrogens with zero attached hydrogens (tertiary/aromatic N) is 1. The Morgan fingerprint density at radius 2 is 1.79 bits per heavy atom. The molecule has 2 heteroatoms. The fourth-order valence-corrected chi connectivity index (χ4v) is 2.41. The SMILES string of the molecule is Cc1cc(CNCC(C)C)ccc1N(C)CC(C)C. The van der Waals surface area contributed by atoms with Gasteiger partial charge in [-0.05, 0) is 42.5 Å². The van der Waals surface area contributed by atoms with Gasteiger partial charge in [0, 0.05) is 25.8 Å². The summed E-state index contributed by atoms with van der Waals surface area (Å²) in [6.07, 6.45) is 0. The largest absolute Gasteiger partial charge is 0.374 e. The van der Waals surface area contributed by atoms with Crippen molar-refractivity contribution < 1.29 is 0 Å². The molecule has 0 saturated carbocycles. The van der Waals surface area contributed by atoms with E-state index in [9.17, 15) is 0 Å². The van der Waals surface area contributed by atoms with Crippen LogP contribution in [0.2, 0.25) is 0 Å². The minimum Gasteiger partial charge on any atom is -0.374 e. The van der Waals surface area contributed by atoms with Gasteiger partial charge in [0.1, 0.15) is 0 Å². The molecule has 1 aromatic rings. The summed E-state index contributed by atoms with van der Waals surface area (Å²) in [5, 5.41) is 3.50. The Morgan fingerprint density at radius 1 is 1.11 bits per heavy atom. The summed E-state index contributed by atoms with van der Waals surface area (Å²) in [6, 6.07) is 6.80. The van der Waals surface area contributed by atoms with E-state index in [-0.39, 0.29) is 0 Å². The van der Waals surface area contributed by atoms with E-state index >= 15 is 0 Å². The highest BCUT2D eigenvalue weighted by Gasteiger charge is 2.07. The van der Waals surface area contributed by atoms with Gasteiger partial charge in [0.05, 0.1) is 0 Å². The zero-order valence-corrected chi connectivity index (χ0v) is 13.5. The third-order valence-electron chi connectivity index (χ3n) is 3.19. The number of hydrogen-bond donors (Lipinski definition) is 1. The third kappa shape index (κ3) is 5.65. The Kier molecular flexibility index (Phi) is 6.36. The number of rotatable bonds is 7. The van der Waals surface area contributed by atoms with Crippen LogP contribution >= 0.6 is 0 Å². The third-order valence-corrected chi connectivity index (χ3v) is 3.19. The van der Waals surface area contributed by atoms with Gasteiger partial charge in [-0.2, -0.15) is 0 Å². The van der Waals surface area contributed by atoms with Crippen LogP contribution in [0, 0.1) is 18.8 Å². The first kappa shape index (κ1) is 16.0. The van der Waals surface area contributed by atoms with Gasteiger partial charge in [-0.3, -0.25) is 0 Å². The maximum atomic E-state index is 3.50. The van der Waals surface area contributed by atoms with E-state index in [0.717, 1.165) is 19.6 Å². The van der Waals surface area contributed by atoms with Crippen molar-refractivity contribution in [3.63, 3.8) is 0 Å². The highest BCUT2D eigenvalue weighted by atomic mass is 15.1. The molecule has 1 aromatic carbocycles. The lowest BCUT2D eigenvalue weighted by molar-refractivity contribution is 0.552. The van der Waals surface area contributed by atoms with Crippen LogP contribution in [0.4, 0.5) is 5.69 Å². The number of anilines is 1. The lowest BCUT2D eigenvalue weighted by Gasteiger charge is -2.24. The van der Waals surface area contributed by atoms with E-state index in [0.29, 0.717) is 11.8 Å². The van der Waals surface area contributed by atoms with E-state index in [1.165, 1.54) is 16.8 Å². The number of benzene rings is 1. The summed E-state index contributed by atoms with van der Waals surface area (Å²) < 4.78 is 0. The second-order valence-electron chi connectivity index (χ2n) is 6.42. The average molecular weight is 262 g/mol. The molecule has 0 aliphatic heterocycles. The minimum atomic E-state index is 0.691. The zero-order chi connectivity index (χ0) is 14.4. The van der Waals surface area contributed by atoms with Crippen molar-refractivity contribution >= 4 is 5.69 Å². The van der Waals surface area contributed by atoms with Crippen LogP contribution in [-0.4, -0.2) is 20.1 Å². The molecule has 0 fully saturated rings. The van der Waals surface area contributed by atoms with Gasteiger partial charge >= 0.3 is 0 Å². The molecular weight excluding hydrogens is 232 g/mol. The van der Waals surface area contributed by atoms with Crippen molar-refractivity contribution in [3.05, 3.63) is 29.3 Å². The van der Waals surface area contributed by atoms with Crippen LogP contribution in [0.25, 0.3) is 0 Å². The molecule has 0 aromatic heterocycles. The van der Waals surface area contributed by atoms with E-state index in [2.05, 4.69) is 70.1 Å². The maximum absolute atomic E-state index is 3.50. The quantitative estimate of drug-likeness (QED) is 0.803. The molecule has 108 valence electrons. The molecular formula is C17H30N2. The van der Waals surface area contributed by atoms with Crippen LogP contribution in [0.1, 0.15) is 38.8 Å². The molecule has 0 aliphatic rings. The zero-order valence-electron chi connectivity index (χ0n) is 13.5. The minimum absolute atomic E-state index is 0.691. The monoisotopic (exact) mass is 262 g/mol. The molecule has 0 unspecified atom stereocenters. The van der Waals surface area contributed by atoms with Crippen molar-refractivity contribution in [2.24, 2.45) is 11.8 Å². The standard InChI is InChI=1S/C17H30N2/c1-13(2)10-18-11-16-7-8-17(15(5)9-16)19(6)12-14(3)4/h7-9,13-14,18H,10-12H2,1-6H3. The van der Waals surface area contributed by atoms with Gasteiger partial charge in [0.2, 0.25) is 0 Å². The molecule has 0 atom stereocenters. The first-order valence-electron chi connectivity index (χ1n) is 7.41. The normalized spacial score (nSPS) is 11.4. The second-order valence-corrected chi connectivity index (χ2v) is 6.42. The van der Waals surface area contributed by atoms with Crippen LogP contribution in [0.15, 0.2) is 18.2 Å². The van der Waals surface area contributed by atoms with E-state index in [4.69, 9.17) is 0 Å². The number of aryl methyl sites for hydroxylation is 1. The number of hydrogen-bond acceptors (Lipinski definition) is 2. The van der Waals surface area contributed by atoms with Crippen LogP contribution in [0.3, 0.4) is 0 Å². The highest BCUT2D eigenvalue weighted by molar-refractivity contribution is 5.53. The Labute approximate surface area is 119 Å². The predicted molar refractivity (Wildman–Crippen MR) is 85.8 cm³/mol. The molecule has 0 spiro atoms. The molecule has 0 radical (unpaired) electrons. The molecule has 19 heavy (non-hydrogen) atoms. The molecule has 1 N–H and O–H groups in total. The molecule has 1 rings (SSSR count). The summed E-state index contributed by atoms with van der Waals surface area (Å²) >= 11 is 0. The molecule has 0 saturated heterocycles. The van der Waals surface area contributed by atoms with Gasteiger partial charge in [-0.25, -0.2) is 0 Å². The molecule has 0 aliphatic carbocycles. The van der Waals surface area contributed by atoms with Crippen molar-refractivity contribution in [3.8, 4) is 0 Å². The summed E-state index contributed by atoms with van der Waals surface area (Å²) in [7, 11) is 2.18. The van der Waals surface area contributed by atoms with E-state index in [1.807, 2.05) is 0 Å². The topological polar surface area (TPSA) is 15.3 Å². The van der Waals surface area contributed by atoms with Crippen molar-refractivity contribution in [1.82, 2.24) is 5.32 Å². The highest BCUT2D eigenvalue weighted by Crippen LogP contribution is 2.21. The first-order chi connectivity index (χ1) is 8.90. The van der Waals surface area contributed by atoms with E-state index < -0.39 is 0 Å². The Balaban J connectivity index is 2.63. The average Bonchev–Trinajstić information content (AvgIpc) is 2.27. The lowest BCUT2D eigenvalue weighted by Crippen LogP contribution is -2.23. The van der Waals surface area contributed by atoms with Crippen LogP contribution in [-0.2, 0) is 6.54 Å². The van der Waals surface area contributed by atoms with Gasteiger partial charge < -0.3 is 10.2 Å². The van der Waals surface area contributed by atoms with Gasteiger partial charge in [-0.1, -0.05) is 39.8 Å². The lowest BCUT2D eigenvalue weighted by atomic mass is 10.1. The van der Waals surface area contributed by atoms with E-state index in [1.54, 1.807) is 0 Å². The van der Waals surface area contributed by atoms with Gasteiger partial charge in [-0.15, -0.1) is 0 Å². The molecule has 0 amide bonds. The smallest absolute Gasteiger partial charge is 0.0393 e. The fraction of sp³-hybridized carbons (Fsp3) is 0.647.